The fourth-order valence-corrected chi connectivity index (χ4v) is 5.64. The summed E-state index contributed by atoms with van der Waals surface area (Å²) in [4.78, 5) is 14.2. The smallest absolute Gasteiger partial charge is 0.261 e. The molecule has 0 aliphatic heterocycles. The van der Waals surface area contributed by atoms with Crippen molar-refractivity contribution < 1.29 is 17.6 Å². The lowest BCUT2D eigenvalue weighted by Crippen LogP contribution is -2.25. The van der Waals surface area contributed by atoms with Crippen molar-refractivity contribution in [2.45, 2.75) is 18.2 Å². The van der Waals surface area contributed by atoms with Crippen LogP contribution in [0.5, 0.6) is 0 Å². The first kappa shape index (κ1) is 21.2. The second kappa shape index (κ2) is 8.60. The van der Waals surface area contributed by atoms with Gasteiger partial charge in [-0.25, -0.2) is 17.5 Å². The number of aryl methyl sites for hydroxylation is 1. The Morgan fingerprint density at radius 3 is 2.55 bits per heavy atom. The number of thiophene rings is 1. The Bertz CT molecular complexity index is 1330. The second-order valence-electron chi connectivity index (χ2n) is 7.04. The van der Waals surface area contributed by atoms with E-state index in [1.54, 1.807) is 53.2 Å². The maximum Gasteiger partial charge on any atom is 0.261 e. The molecule has 1 N–H and O–H groups in total. The molecular weight excluding hydrogens is 437 g/mol. The number of hydrogen-bond acceptors (Lipinski definition) is 5. The molecule has 0 aliphatic carbocycles. The monoisotopic (exact) mass is 457 g/mol. The van der Waals surface area contributed by atoms with Gasteiger partial charge in [-0.15, -0.1) is 11.3 Å². The van der Waals surface area contributed by atoms with Gasteiger partial charge in [0.05, 0.1) is 26.9 Å². The lowest BCUT2D eigenvalue weighted by atomic mass is 10.3. The predicted molar refractivity (Wildman–Crippen MR) is 119 cm³/mol. The van der Waals surface area contributed by atoms with Crippen molar-refractivity contribution in [2.24, 2.45) is 0 Å². The number of nitrogens with one attached hydrogen (secondary N) is 1. The van der Waals surface area contributed by atoms with Crippen LogP contribution in [0.15, 0.2) is 65.6 Å². The van der Waals surface area contributed by atoms with Gasteiger partial charge in [0.2, 0.25) is 0 Å². The van der Waals surface area contributed by atoms with Gasteiger partial charge < -0.3 is 5.32 Å². The fraction of sp³-hybridized carbons (Fsp3) is 0.182. The Morgan fingerprint density at radius 1 is 1.13 bits per heavy atom. The first-order valence-corrected chi connectivity index (χ1v) is 12.1. The summed E-state index contributed by atoms with van der Waals surface area (Å²) in [5, 5.41) is 8.13. The predicted octanol–water partition coefficient (Wildman–Crippen LogP) is 4.13. The topological polar surface area (TPSA) is 81.1 Å². The molecule has 6 nitrogen and oxygen atoms in total. The minimum atomic E-state index is -3.37. The number of nitrogens with zero attached hydrogens (tertiary/aromatic N) is 2. The van der Waals surface area contributed by atoms with Gasteiger partial charge >= 0.3 is 0 Å². The van der Waals surface area contributed by atoms with Gasteiger partial charge in [0.15, 0.2) is 9.84 Å². The summed E-state index contributed by atoms with van der Waals surface area (Å²) < 4.78 is 39.6. The Hall–Kier alpha value is -3.04. The summed E-state index contributed by atoms with van der Waals surface area (Å²) in [5.74, 6) is -0.629. The van der Waals surface area contributed by atoms with Crippen molar-refractivity contribution in [1.82, 2.24) is 15.1 Å². The molecule has 9 heteroatoms. The highest BCUT2D eigenvalue weighted by atomic mass is 32.2. The SMILES string of the molecule is Cc1nn(-c2ccc(F)cc2)c2sc(C(=O)NCCCS(=O)(=O)c3ccccc3)cc12. The molecule has 0 saturated heterocycles. The van der Waals surface area contributed by atoms with E-state index in [-0.39, 0.29) is 28.9 Å². The van der Waals surface area contributed by atoms with E-state index in [4.69, 9.17) is 0 Å². The minimum absolute atomic E-state index is 0.0393. The zero-order chi connectivity index (χ0) is 22.0. The molecule has 2 heterocycles. The molecule has 2 aromatic carbocycles. The Kier molecular flexibility index (Phi) is 5.88. The number of rotatable bonds is 7. The normalized spacial score (nSPS) is 11.7. The molecule has 0 spiro atoms. The van der Waals surface area contributed by atoms with Crippen molar-refractivity contribution in [3.05, 3.63) is 77.1 Å². The molecule has 4 rings (SSSR count). The zero-order valence-electron chi connectivity index (χ0n) is 16.7. The molecule has 31 heavy (non-hydrogen) atoms. The van der Waals surface area contributed by atoms with E-state index in [2.05, 4.69) is 10.4 Å². The number of fused-ring (bicyclic) bond motifs is 1. The van der Waals surface area contributed by atoms with Gasteiger partial charge in [-0.05, 0) is 55.8 Å². The van der Waals surface area contributed by atoms with E-state index in [0.717, 1.165) is 15.9 Å². The van der Waals surface area contributed by atoms with Crippen LogP contribution in [0.25, 0.3) is 15.9 Å². The van der Waals surface area contributed by atoms with Crippen molar-refractivity contribution in [3.63, 3.8) is 0 Å². The van der Waals surface area contributed by atoms with E-state index in [1.165, 1.54) is 23.5 Å². The quantitative estimate of drug-likeness (QED) is 0.423. The van der Waals surface area contributed by atoms with Gasteiger partial charge in [-0.3, -0.25) is 4.79 Å². The molecular formula is C22H20FN3O3S2. The maximum atomic E-state index is 13.2. The number of sulfone groups is 1. The largest absolute Gasteiger partial charge is 0.351 e. The molecule has 0 atom stereocenters. The average Bonchev–Trinajstić information content (AvgIpc) is 3.33. The summed E-state index contributed by atoms with van der Waals surface area (Å²) in [6.07, 6.45) is 0.316. The molecule has 160 valence electrons. The van der Waals surface area contributed by atoms with Crippen LogP contribution in [0, 0.1) is 12.7 Å². The molecule has 0 unspecified atom stereocenters. The lowest BCUT2D eigenvalue weighted by Gasteiger charge is -2.06. The lowest BCUT2D eigenvalue weighted by molar-refractivity contribution is 0.0958. The van der Waals surface area contributed by atoms with E-state index >= 15 is 0 Å². The van der Waals surface area contributed by atoms with E-state index < -0.39 is 9.84 Å². The highest BCUT2D eigenvalue weighted by Gasteiger charge is 2.18. The number of carbonyl (C=O) groups is 1. The van der Waals surface area contributed by atoms with Crippen LogP contribution in [0.3, 0.4) is 0 Å². The zero-order valence-corrected chi connectivity index (χ0v) is 18.3. The standard InChI is InChI=1S/C22H20FN3O3S2/c1-15-19-14-20(30-22(19)26(25-15)17-10-8-16(23)9-11-17)21(27)24-12-5-13-31(28,29)18-6-3-2-4-7-18/h2-4,6-11,14H,5,12-13H2,1H3,(H,24,27). The summed E-state index contributed by atoms with van der Waals surface area (Å²) in [7, 11) is -3.37. The third-order valence-corrected chi connectivity index (χ3v) is 7.74. The van der Waals surface area contributed by atoms with E-state index in [9.17, 15) is 17.6 Å². The number of carbonyl (C=O) groups excluding carboxylic acids is 1. The van der Waals surface area contributed by atoms with Crippen LogP contribution in [0.4, 0.5) is 4.39 Å². The fourth-order valence-electron chi connectivity index (χ4n) is 3.21. The van der Waals surface area contributed by atoms with Gasteiger partial charge in [0.25, 0.3) is 5.91 Å². The number of hydrogen-bond donors (Lipinski definition) is 1. The number of amides is 1. The van der Waals surface area contributed by atoms with Crippen molar-refractivity contribution in [2.75, 3.05) is 12.3 Å². The van der Waals surface area contributed by atoms with Crippen LogP contribution in [0.1, 0.15) is 21.8 Å². The second-order valence-corrected chi connectivity index (χ2v) is 10.2. The third-order valence-electron chi connectivity index (χ3n) is 4.82. The number of benzene rings is 2. The molecule has 0 saturated carbocycles. The molecule has 2 aromatic heterocycles. The van der Waals surface area contributed by atoms with Crippen LogP contribution >= 0.6 is 11.3 Å². The Morgan fingerprint density at radius 2 is 1.84 bits per heavy atom. The summed E-state index contributed by atoms with van der Waals surface area (Å²) in [6, 6.07) is 16.0. The summed E-state index contributed by atoms with van der Waals surface area (Å²) in [5.41, 5.74) is 1.48. The van der Waals surface area contributed by atoms with E-state index in [1.807, 2.05) is 6.92 Å². The van der Waals surface area contributed by atoms with Gasteiger partial charge in [-0.1, -0.05) is 18.2 Å². The van der Waals surface area contributed by atoms with Crippen molar-refractivity contribution in [3.8, 4) is 5.69 Å². The summed E-state index contributed by atoms with van der Waals surface area (Å²) in [6.45, 7) is 2.10. The van der Waals surface area contributed by atoms with E-state index in [0.29, 0.717) is 17.0 Å². The Labute approximate surface area is 183 Å². The van der Waals surface area contributed by atoms with Gasteiger partial charge in [0, 0.05) is 11.9 Å². The average molecular weight is 458 g/mol. The van der Waals surface area contributed by atoms with Crippen molar-refractivity contribution in [1.29, 1.82) is 0 Å². The van der Waals surface area contributed by atoms with Crippen molar-refractivity contribution >= 4 is 37.3 Å². The van der Waals surface area contributed by atoms with Gasteiger partial charge in [-0.2, -0.15) is 5.10 Å². The first-order valence-electron chi connectivity index (χ1n) is 9.66. The first-order chi connectivity index (χ1) is 14.8. The molecule has 0 fully saturated rings. The molecule has 0 aliphatic rings. The van der Waals surface area contributed by atoms with Gasteiger partial charge in [0.1, 0.15) is 10.6 Å². The molecule has 0 bridgehead atoms. The highest BCUT2D eigenvalue weighted by molar-refractivity contribution is 7.91. The molecule has 1 amide bonds. The third kappa shape index (κ3) is 4.52. The van der Waals surface area contributed by atoms with Crippen LogP contribution < -0.4 is 5.32 Å². The molecule has 4 aromatic rings. The number of aromatic nitrogens is 2. The highest BCUT2D eigenvalue weighted by Crippen LogP contribution is 2.30. The minimum Gasteiger partial charge on any atom is -0.351 e. The van der Waals surface area contributed by atoms with Crippen LogP contribution in [-0.4, -0.2) is 36.4 Å². The maximum absolute atomic E-state index is 13.2. The molecule has 0 radical (unpaired) electrons. The number of halogens is 1. The van der Waals surface area contributed by atoms with Crippen LogP contribution in [0.2, 0.25) is 0 Å². The van der Waals surface area contributed by atoms with Crippen LogP contribution in [-0.2, 0) is 9.84 Å². The Balaban J connectivity index is 1.43. The summed E-state index contributed by atoms with van der Waals surface area (Å²) >= 11 is 1.29.